The normalized spacial score (nSPS) is 15.0. The van der Waals surface area contributed by atoms with Gasteiger partial charge in [-0.1, -0.05) is 66.5 Å². The van der Waals surface area contributed by atoms with Gasteiger partial charge in [-0.3, -0.25) is 0 Å². The second kappa shape index (κ2) is 9.82. The lowest BCUT2D eigenvalue weighted by molar-refractivity contribution is 0.435. The Morgan fingerprint density at radius 3 is 2.40 bits per heavy atom. The lowest BCUT2D eigenvalue weighted by Crippen LogP contribution is -2.40. The number of hydrogen-bond acceptors (Lipinski definition) is 3. The molecule has 1 heterocycles. The number of aromatic nitrogens is 1. The summed E-state index contributed by atoms with van der Waals surface area (Å²) in [6, 6.07) is 22.6. The van der Waals surface area contributed by atoms with E-state index in [1.165, 1.54) is 31.2 Å². The van der Waals surface area contributed by atoms with Gasteiger partial charge in [-0.15, -0.1) is 0 Å². The summed E-state index contributed by atoms with van der Waals surface area (Å²) in [7, 11) is 0. The van der Waals surface area contributed by atoms with Crippen LogP contribution in [0.2, 0.25) is 5.02 Å². The van der Waals surface area contributed by atoms with Gasteiger partial charge in [0.1, 0.15) is 5.03 Å². The van der Waals surface area contributed by atoms with Gasteiger partial charge in [-0.2, -0.15) is 0 Å². The quantitative estimate of drug-likeness (QED) is 0.407. The van der Waals surface area contributed by atoms with E-state index in [0.717, 1.165) is 27.2 Å². The van der Waals surface area contributed by atoms with Crippen molar-refractivity contribution in [3.05, 3.63) is 83.5 Å². The molecule has 30 heavy (non-hydrogen) atoms. The lowest BCUT2D eigenvalue weighted by Gasteiger charge is -2.30. The molecule has 1 saturated carbocycles. The average Bonchev–Trinajstić information content (AvgIpc) is 3.26. The first kappa shape index (κ1) is 21.2. The van der Waals surface area contributed by atoms with Crippen molar-refractivity contribution in [2.45, 2.75) is 41.0 Å². The van der Waals surface area contributed by atoms with E-state index in [9.17, 15) is 0 Å². The van der Waals surface area contributed by atoms with Gasteiger partial charge in [-0.25, -0.2) is 4.98 Å². The topological polar surface area (TPSA) is 37.0 Å². The first-order chi connectivity index (χ1) is 14.6. The average molecular weight is 454 g/mol. The van der Waals surface area contributed by atoms with Crippen LogP contribution in [-0.2, 0) is 5.41 Å². The van der Waals surface area contributed by atoms with E-state index in [-0.39, 0.29) is 5.41 Å². The molecule has 154 valence electrons. The highest BCUT2D eigenvalue weighted by molar-refractivity contribution is 7.99. The van der Waals surface area contributed by atoms with Crippen molar-refractivity contribution < 1.29 is 0 Å². The van der Waals surface area contributed by atoms with Gasteiger partial charge in [-0.05, 0) is 67.0 Å². The van der Waals surface area contributed by atoms with E-state index < -0.39 is 0 Å². The smallest absolute Gasteiger partial charge is 0.170 e. The lowest BCUT2D eigenvalue weighted by atomic mass is 9.79. The molecular formula is C24H24ClN3S2. The minimum Gasteiger partial charge on any atom is -0.362 e. The number of benzene rings is 2. The molecule has 1 fully saturated rings. The predicted molar refractivity (Wildman–Crippen MR) is 131 cm³/mol. The molecule has 0 unspecified atom stereocenters. The van der Waals surface area contributed by atoms with E-state index in [1.807, 2.05) is 42.6 Å². The first-order valence-corrected chi connectivity index (χ1v) is 11.7. The Kier molecular flexibility index (Phi) is 6.93. The monoisotopic (exact) mass is 453 g/mol. The Bertz CT molecular complexity index is 970. The maximum absolute atomic E-state index is 5.94. The van der Waals surface area contributed by atoms with Crippen LogP contribution in [0.15, 0.2) is 82.8 Å². The molecule has 1 aromatic heterocycles. The van der Waals surface area contributed by atoms with Crippen molar-refractivity contribution in [1.29, 1.82) is 0 Å². The summed E-state index contributed by atoms with van der Waals surface area (Å²) >= 11 is 13.1. The Morgan fingerprint density at radius 2 is 1.73 bits per heavy atom. The van der Waals surface area contributed by atoms with Crippen LogP contribution in [0.4, 0.5) is 5.69 Å². The van der Waals surface area contributed by atoms with Gasteiger partial charge in [0.25, 0.3) is 0 Å². The third kappa shape index (κ3) is 5.34. The van der Waals surface area contributed by atoms with E-state index in [2.05, 4.69) is 45.9 Å². The van der Waals surface area contributed by atoms with E-state index >= 15 is 0 Å². The summed E-state index contributed by atoms with van der Waals surface area (Å²) in [6.45, 7) is 0.848. The summed E-state index contributed by atoms with van der Waals surface area (Å²) in [4.78, 5) is 5.63. The standard InChI is InChI=1S/C24H24ClN3S2/c25-19-8-11-21(12-9-19)30-22-13-10-20(16-26-22)28-23(29)27-17-24(14-4-5-15-24)18-6-2-1-3-7-18/h1-3,6-13,16H,4-5,14-15,17H2,(H2,27,28,29). The summed E-state index contributed by atoms with van der Waals surface area (Å²) in [5.74, 6) is 0. The maximum Gasteiger partial charge on any atom is 0.170 e. The number of anilines is 1. The molecule has 3 aromatic rings. The van der Waals surface area contributed by atoms with Crippen molar-refractivity contribution in [3.63, 3.8) is 0 Å². The zero-order valence-corrected chi connectivity index (χ0v) is 19.0. The molecule has 1 aliphatic carbocycles. The molecule has 0 aliphatic heterocycles. The Balaban J connectivity index is 1.33. The maximum atomic E-state index is 5.94. The molecule has 0 atom stereocenters. The van der Waals surface area contributed by atoms with Gasteiger partial charge >= 0.3 is 0 Å². The van der Waals surface area contributed by atoms with Gasteiger partial charge in [0, 0.05) is 21.9 Å². The molecule has 3 nitrogen and oxygen atoms in total. The van der Waals surface area contributed by atoms with Crippen molar-refractivity contribution >= 4 is 46.4 Å². The minimum absolute atomic E-state index is 0.171. The van der Waals surface area contributed by atoms with Crippen LogP contribution in [0, 0.1) is 0 Å². The molecular weight excluding hydrogens is 430 g/mol. The third-order valence-electron chi connectivity index (χ3n) is 5.56. The van der Waals surface area contributed by atoms with Crippen LogP contribution in [0.25, 0.3) is 0 Å². The van der Waals surface area contributed by atoms with Crippen LogP contribution in [0.5, 0.6) is 0 Å². The number of halogens is 1. The zero-order valence-electron chi connectivity index (χ0n) is 16.6. The minimum atomic E-state index is 0.171. The van der Waals surface area contributed by atoms with Crippen LogP contribution < -0.4 is 10.6 Å². The molecule has 6 heteroatoms. The fraction of sp³-hybridized carbons (Fsp3) is 0.250. The number of nitrogens with zero attached hydrogens (tertiary/aromatic N) is 1. The van der Waals surface area contributed by atoms with E-state index in [0.29, 0.717) is 5.11 Å². The predicted octanol–water partition coefficient (Wildman–Crippen LogP) is 6.68. The summed E-state index contributed by atoms with van der Waals surface area (Å²) in [6.07, 6.45) is 6.76. The highest BCUT2D eigenvalue weighted by Gasteiger charge is 2.35. The SMILES string of the molecule is S=C(NCC1(c2ccccc2)CCCC1)Nc1ccc(Sc2ccc(Cl)cc2)nc1. The van der Waals surface area contributed by atoms with E-state index in [4.69, 9.17) is 23.8 Å². The van der Waals surface area contributed by atoms with Crippen LogP contribution in [0.1, 0.15) is 31.2 Å². The number of thiocarbonyl (C=S) groups is 1. The van der Waals surface area contributed by atoms with Crippen molar-refractivity contribution in [2.24, 2.45) is 0 Å². The van der Waals surface area contributed by atoms with Gasteiger partial charge in [0.15, 0.2) is 5.11 Å². The molecule has 0 saturated heterocycles. The number of pyridine rings is 1. The zero-order chi connectivity index (χ0) is 20.8. The van der Waals surface area contributed by atoms with Gasteiger partial charge in [0.05, 0.1) is 11.9 Å². The highest BCUT2D eigenvalue weighted by Crippen LogP contribution is 2.40. The van der Waals surface area contributed by atoms with Crippen LogP contribution >= 0.6 is 35.6 Å². The molecule has 0 bridgehead atoms. The molecule has 0 radical (unpaired) electrons. The number of hydrogen-bond donors (Lipinski definition) is 2. The van der Waals surface area contributed by atoms with Gasteiger partial charge < -0.3 is 10.6 Å². The first-order valence-electron chi connectivity index (χ1n) is 10.1. The summed E-state index contributed by atoms with van der Waals surface area (Å²) in [5.41, 5.74) is 2.46. The molecule has 4 rings (SSSR count). The summed E-state index contributed by atoms with van der Waals surface area (Å²) in [5, 5.41) is 9.01. The molecule has 2 N–H and O–H groups in total. The van der Waals surface area contributed by atoms with Crippen LogP contribution in [0.3, 0.4) is 0 Å². The molecule has 2 aromatic carbocycles. The fourth-order valence-electron chi connectivity index (χ4n) is 3.97. The molecule has 0 amide bonds. The Labute approximate surface area is 192 Å². The third-order valence-corrected chi connectivity index (χ3v) is 7.02. The van der Waals surface area contributed by atoms with Crippen LogP contribution in [-0.4, -0.2) is 16.6 Å². The summed E-state index contributed by atoms with van der Waals surface area (Å²) < 4.78 is 0. The number of nitrogens with one attached hydrogen (secondary N) is 2. The van der Waals surface area contributed by atoms with Crippen molar-refractivity contribution in [2.75, 3.05) is 11.9 Å². The Morgan fingerprint density at radius 1 is 1.00 bits per heavy atom. The highest BCUT2D eigenvalue weighted by atomic mass is 35.5. The second-order valence-electron chi connectivity index (χ2n) is 7.60. The second-order valence-corrected chi connectivity index (χ2v) is 9.54. The fourth-order valence-corrected chi connectivity index (χ4v) is 5.04. The van der Waals surface area contributed by atoms with Crippen molar-refractivity contribution in [1.82, 2.24) is 10.3 Å². The number of rotatable bonds is 6. The van der Waals surface area contributed by atoms with E-state index in [1.54, 1.807) is 11.8 Å². The van der Waals surface area contributed by atoms with Gasteiger partial charge in [0.2, 0.25) is 0 Å². The molecule has 0 spiro atoms. The molecule has 1 aliphatic rings. The Hall–Kier alpha value is -2.08. The largest absolute Gasteiger partial charge is 0.362 e. The van der Waals surface area contributed by atoms with Crippen molar-refractivity contribution in [3.8, 4) is 0 Å².